The largest absolute Gasteiger partial charge is 0.495 e. The summed E-state index contributed by atoms with van der Waals surface area (Å²) in [4.78, 5) is 15.1. The summed E-state index contributed by atoms with van der Waals surface area (Å²) in [7, 11) is 3.58. The number of aromatic carboxylic acids is 1. The molecule has 0 radical (unpaired) electrons. The van der Waals surface area contributed by atoms with Crippen LogP contribution < -0.4 is 4.74 Å². The number of nitrogens with zero attached hydrogens (tertiary/aromatic N) is 2. The number of rotatable bonds is 3. The topological polar surface area (TPSA) is 64.3 Å². The lowest BCUT2D eigenvalue weighted by Gasteiger charge is -2.07. The second-order valence-corrected chi connectivity index (χ2v) is 4.72. The number of fused-ring (bicyclic) bond motifs is 1. The average Bonchev–Trinajstić information content (AvgIpc) is 2.84. The van der Waals surface area contributed by atoms with Gasteiger partial charge in [-0.3, -0.25) is 4.98 Å². The van der Waals surface area contributed by atoms with E-state index in [0.717, 1.165) is 28.0 Å². The lowest BCUT2D eigenvalue weighted by atomic mass is 10.2. The highest BCUT2D eigenvalue weighted by Gasteiger charge is 2.13. The Balaban J connectivity index is 2.16. The van der Waals surface area contributed by atoms with Crippen LogP contribution in [0.3, 0.4) is 0 Å². The molecule has 106 valence electrons. The van der Waals surface area contributed by atoms with Gasteiger partial charge in [-0.05, 0) is 24.3 Å². The molecule has 0 unspecified atom stereocenters. The number of carboxylic acid groups (broad SMARTS) is 1. The Hall–Kier alpha value is -2.82. The van der Waals surface area contributed by atoms with Gasteiger partial charge in [-0.25, -0.2) is 4.79 Å². The summed E-state index contributed by atoms with van der Waals surface area (Å²) in [6.45, 7) is 0. The van der Waals surface area contributed by atoms with Gasteiger partial charge in [-0.2, -0.15) is 0 Å². The molecule has 2 aromatic heterocycles. The highest BCUT2D eigenvalue weighted by atomic mass is 16.5. The molecule has 0 atom stereocenters. The Morgan fingerprint density at radius 3 is 2.71 bits per heavy atom. The van der Waals surface area contributed by atoms with Crippen molar-refractivity contribution in [2.24, 2.45) is 7.05 Å². The van der Waals surface area contributed by atoms with Gasteiger partial charge in [-0.1, -0.05) is 12.1 Å². The first kappa shape index (κ1) is 13.2. The van der Waals surface area contributed by atoms with Crippen molar-refractivity contribution >= 4 is 16.9 Å². The number of benzene rings is 1. The summed E-state index contributed by atoms with van der Waals surface area (Å²) < 4.78 is 7.39. The fraction of sp³-hybridized carbons (Fsp3) is 0.125. The zero-order valence-electron chi connectivity index (χ0n) is 11.7. The quantitative estimate of drug-likeness (QED) is 0.802. The number of ether oxygens (including phenoxy) is 1. The number of carbonyl (C=O) groups is 1. The molecule has 5 nitrogen and oxygen atoms in total. The molecule has 1 N–H and O–H groups in total. The van der Waals surface area contributed by atoms with E-state index in [2.05, 4.69) is 4.98 Å². The molecule has 0 aliphatic rings. The minimum Gasteiger partial charge on any atom is -0.495 e. The second kappa shape index (κ2) is 4.94. The maximum absolute atomic E-state index is 10.9. The van der Waals surface area contributed by atoms with Crippen LogP contribution in [0.25, 0.3) is 22.3 Å². The van der Waals surface area contributed by atoms with Crippen LogP contribution in [0, 0.1) is 0 Å². The summed E-state index contributed by atoms with van der Waals surface area (Å²) in [5, 5.41) is 9.97. The summed E-state index contributed by atoms with van der Waals surface area (Å²) >= 11 is 0. The summed E-state index contributed by atoms with van der Waals surface area (Å²) in [5.41, 5.74) is 2.79. The SMILES string of the molecule is COc1cccc2cc(-c3ccc(C(=O)O)cn3)n(C)c12. The van der Waals surface area contributed by atoms with E-state index < -0.39 is 5.97 Å². The first-order valence-electron chi connectivity index (χ1n) is 6.44. The lowest BCUT2D eigenvalue weighted by Crippen LogP contribution is -1.99. The van der Waals surface area contributed by atoms with Gasteiger partial charge in [-0.15, -0.1) is 0 Å². The van der Waals surface area contributed by atoms with Crippen LogP contribution >= 0.6 is 0 Å². The number of para-hydroxylation sites is 1. The van der Waals surface area contributed by atoms with Crippen molar-refractivity contribution in [3.63, 3.8) is 0 Å². The molecule has 21 heavy (non-hydrogen) atoms. The van der Waals surface area contributed by atoms with Gasteiger partial charge < -0.3 is 14.4 Å². The van der Waals surface area contributed by atoms with Crippen LogP contribution in [0.15, 0.2) is 42.6 Å². The van der Waals surface area contributed by atoms with E-state index in [-0.39, 0.29) is 5.56 Å². The van der Waals surface area contributed by atoms with Gasteiger partial charge >= 0.3 is 5.97 Å². The zero-order chi connectivity index (χ0) is 15.0. The fourth-order valence-corrected chi connectivity index (χ4v) is 2.46. The van der Waals surface area contributed by atoms with Crippen molar-refractivity contribution in [1.82, 2.24) is 9.55 Å². The van der Waals surface area contributed by atoms with Crippen LogP contribution in [0.4, 0.5) is 0 Å². The van der Waals surface area contributed by atoms with Gasteiger partial charge in [0.1, 0.15) is 5.75 Å². The monoisotopic (exact) mass is 282 g/mol. The molecule has 2 heterocycles. The Morgan fingerprint density at radius 1 is 1.29 bits per heavy atom. The second-order valence-electron chi connectivity index (χ2n) is 4.72. The van der Waals surface area contributed by atoms with Gasteiger partial charge in [0.15, 0.2) is 0 Å². The molecule has 0 amide bonds. The Bertz CT molecular complexity index is 819. The van der Waals surface area contributed by atoms with Crippen LogP contribution in [0.5, 0.6) is 5.75 Å². The fourth-order valence-electron chi connectivity index (χ4n) is 2.46. The third kappa shape index (κ3) is 2.12. The maximum Gasteiger partial charge on any atom is 0.337 e. The Labute approximate surface area is 121 Å². The number of pyridine rings is 1. The molecule has 3 aromatic rings. The van der Waals surface area contributed by atoms with Crippen molar-refractivity contribution < 1.29 is 14.6 Å². The summed E-state index contributed by atoms with van der Waals surface area (Å²) in [6.07, 6.45) is 1.37. The summed E-state index contributed by atoms with van der Waals surface area (Å²) in [6, 6.07) is 11.1. The molecule has 0 aliphatic carbocycles. The van der Waals surface area contributed by atoms with Crippen LogP contribution in [0.1, 0.15) is 10.4 Å². The molecule has 5 heteroatoms. The van der Waals surface area contributed by atoms with Crippen molar-refractivity contribution in [1.29, 1.82) is 0 Å². The molecule has 3 rings (SSSR count). The van der Waals surface area contributed by atoms with E-state index in [1.165, 1.54) is 6.20 Å². The van der Waals surface area contributed by atoms with E-state index in [0.29, 0.717) is 0 Å². The van der Waals surface area contributed by atoms with Crippen molar-refractivity contribution in [2.75, 3.05) is 7.11 Å². The van der Waals surface area contributed by atoms with Crippen LogP contribution in [-0.2, 0) is 7.05 Å². The highest BCUT2D eigenvalue weighted by Crippen LogP contribution is 2.31. The Kier molecular flexibility index (Phi) is 3.10. The molecule has 0 fully saturated rings. The van der Waals surface area contributed by atoms with Crippen molar-refractivity contribution in [3.05, 3.63) is 48.2 Å². The minimum atomic E-state index is -0.979. The third-order valence-corrected chi connectivity index (χ3v) is 3.51. The molecule has 1 aromatic carbocycles. The Morgan fingerprint density at radius 2 is 2.10 bits per heavy atom. The number of aromatic nitrogens is 2. The third-order valence-electron chi connectivity index (χ3n) is 3.51. The van der Waals surface area contributed by atoms with Crippen molar-refractivity contribution in [2.45, 2.75) is 0 Å². The predicted octanol–water partition coefficient (Wildman–Crippen LogP) is 2.95. The van der Waals surface area contributed by atoms with E-state index in [1.807, 2.05) is 35.9 Å². The number of hydrogen-bond donors (Lipinski definition) is 1. The van der Waals surface area contributed by atoms with Gasteiger partial charge in [0.25, 0.3) is 0 Å². The van der Waals surface area contributed by atoms with E-state index in [4.69, 9.17) is 9.84 Å². The highest BCUT2D eigenvalue weighted by molar-refractivity contribution is 5.91. The average molecular weight is 282 g/mol. The molecule has 0 saturated carbocycles. The number of carboxylic acids is 1. The number of methoxy groups -OCH3 is 1. The van der Waals surface area contributed by atoms with Crippen LogP contribution in [-0.4, -0.2) is 27.7 Å². The number of hydrogen-bond acceptors (Lipinski definition) is 3. The molecule has 0 saturated heterocycles. The predicted molar refractivity (Wildman–Crippen MR) is 79.7 cm³/mol. The normalized spacial score (nSPS) is 10.8. The smallest absolute Gasteiger partial charge is 0.337 e. The van der Waals surface area contributed by atoms with Crippen LogP contribution in [0.2, 0.25) is 0 Å². The maximum atomic E-state index is 10.9. The molecular weight excluding hydrogens is 268 g/mol. The first-order chi connectivity index (χ1) is 10.1. The molecule has 0 bridgehead atoms. The van der Waals surface area contributed by atoms with Gasteiger partial charge in [0.05, 0.1) is 29.6 Å². The van der Waals surface area contributed by atoms with Gasteiger partial charge in [0, 0.05) is 18.6 Å². The van der Waals surface area contributed by atoms with E-state index in [9.17, 15) is 4.79 Å². The first-order valence-corrected chi connectivity index (χ1v) is 6.44. The summed E-state index contributed by atoms with van der Waals surface area (Å²) in [5.74, 6) is -0.184. The van der Waals surface area contributed by atoms with E-state index in [1.54, 1.807) is 19.2 Å². The molecule has 0 aliphatic heterocycles. The molecular formula is C16H14N2O3. The molecule has 0 spiro atoms. The van der Waals surface area contributed by atoms with Gasteiger partial charge in [0.2, 0.25) is 0 Å². The van der Waals surface area contributed by atoms with E-state index >= 15 is 0 Å². The minimum absolute atomic E-state index is 0.176. The standard InChI is InChI=1S/C16H14N2O3/c1-18-13(12-7-6-11(9-17-12)16(19)20)8-10-4-3-5-14(21-2)15(10)18/h3-9H,1-2H3,(H,19,20). The van der Waals surface area contributed by atoms with Crippen molar-refractivity contribution in [3.8, 4) is 17.1 Å². The zero-order valence-corrected chi connectivity index (χ0v) is 11.7. The number of aryl methyl sites for hydroxylation is 1. The lowest BCUT2D eigenvalue weighted by molar-refractivity contribution is 0.0696.